The van der Waals surface area contributed by atoms with Crippen LogP contribution in [0.25, 0.3) is 0 Å². The van der Waals surface area contributed by atoms with Gasteiger partial charge in [0.15, 0.2) is 0 Å². The molecule has 0 aromatic carbocycles. The molecular weight excluding hydrogens is 192 g/mol. The molecule has 0 bridgehead atoms. The summed E-state index contributed by atoms with van der Waals surface area (Å²) in [5.74, 6) is 0.536. The second-order valence-electron chi connectivity index (χ2n) is 4.82. The Balaban J connectivity index is 2.38. The number of aromatic amines is 1. The first-order valence-corrected chi connectivity index (χ1v) is 4.93. The van der Waals surface area contributed by atoms with Crippen molar-refractivity contribution < 1.29 is 4.79 Å². The number of hydrogen-bond acceptors (Lipinski definition) is 3. The van der Waals surface area contributed by atoms with E-state index in [0.29, 0.717) is 18.8 Å². The number of H-pyrrole nitrogens is 1. The number of amides is 1. The number of nitrogens with two attached hydrogens (primary N) is 1. The minimum absolute atomic E-state index is 0.00598. The Morgan fingerprint density at radius 2 is 2.27 bits per heavy atom. The van der Waals surface area contributed by atoms with Crippen LogP contribution in [0.1, 0.15) is 32.8 Å². The van der Waals surface area contributed by atoms with Gasteiger partial charge in [-0.2, -0.15) is 5.10 Å². The van der Waals surface area contributed by atoms with Gasteiger partial charge in [-0.3, -0.25) is 9.89 Å². The summed E-state index contributed by atoms with van der Waals surface area (Å²) in [4.78, 5) is 11.5. The van der Waals surface area contributed by atoms with E-state index in [-0.39, 0.29) is 11.3 Å². The maximum Gasteiger partial charge on any atom is 0.220 e. The van der Waals surface area contributed by atoms with E-state index >= 15 is 0 Å². The SMILES string of the molecule is CC(C)(C)CC(=O)NCc1cn[nH]c1N. The molecule has 0 saturated heterocycles. The van der Waals surface area contributed by atoms with E-state index in [0.717, 1.165) is 5.56 Å². The van der Waals surface area contributed by atoms with Gasteiger partial charge in [-0.15, -0.1) is 0 Å². The van der Waals surface area contributed by atoms with Gasteiger partial charge < -0.3 is 11.1 Å². The van der Waals surface area contributed by atoms with Gasteiger partial charge in [-0.05, 0) is 5.41 Å². The Bertz CT molecular complexity index is 337. The van der Waals surface area contributed by atoms with Gasteiger partial charge >= 0.3 is 0 Å². The summed E-state index contributed by atoms with van der Waals surface area (Å²) in [6.07, 6.45) is 2.12. The lowest BCUT2D eigenvalue weighted by atomic mass is 9.92. The van der Waals surface area contributed by atoms with Crippen LogP contribution in [0.4, 0.5) is 5.82 Å². The van der Waals surface area contributed by atoms with Crippen molar-refractivity contribution in [2.75, 3.05) is 5.73 Å². The third kappa shape index (κ3) is 4.01. The fraction of sp³-hybridized carbons (Fsp3) is 0.600. The number of nitrogens with one attached hydrogen (secondary N) is 2. The zero-order valence-electron chi connectivity index (χ0n) is 9.42. The number of hydrogen-bond donors (Lipinski definition) is 3. The Morgan fingerprint density at radius 1 is 1.60 bits per heavy atom. The summed E-state index contributed by atoms with van der Waals surface area (Å²) in [6.45, 7) is 6.51. The van der Waals surface area contributed by atoms with Crippen LogP contribution in [0, 0.1) is 5.41 Å². The van der Waals surface area contributed by atoms with E-state index in [1.54, 1.807) is 6.20 Å². The van der Waals surface area contributed by atoms with Crippen molar-refractivity contribution in [1.82, 2.24) is 15.5 Å². The Morgan fingerprint density at radius 3 is 2.73 bits per heavy atom. The van der Waals surface area contributed by atoms with Crippen LogP contribution in [0.5, 0.6) is 0 Å². The molecule has 84 valence electrons. The van der Waals surface area contributed by atoms with Crippen molar-refractivity contribution in [3.63, 3.8) is 0 Å². The van der Waals surface area contributed by atoms with E-state index in [9.17, 15) is 4.79 Å². The van der Waals surface area contributed by atoms with E-state index in [2.05, 4.69) is 15.5 Å². The molecule has 0 spiro atoms. The molecule has 0 fully saturated rings. The van der Waals surface area contributed by atoms with E-state index in [1.165, 1.54) is 0 Å². The number of anilines is 1. The lowest BCUT2D eigenvalue weighted by Gasteiger charge is -2.17. The smallest absolute Gasteiger partial charge is 0.220 e. The van der Waals surface area contributed by atoms with Gasteiger partial charge in [0.25, 0.3) is 0 Å². The van der Waals surface area contributed by atoms with Crippen LogP contribution in [-0.4, -0.2) is 16.1 Å². The molecule has 0 aliphatic heterocycles. The van der Waals surface area contributed by atoms with Gasteiger partial charge in [-0.25, -0.2) is 0 Å². The van der Waals surface area contributed by atoms with Gasteiger partial charge in [-0.1, -0.05) is 20.8 Å². The Hall–Kier alpha value is -1.52. The molecule has 0 aliphatic rings. The van der Waals surface area contributed by atoms with Gasteiger partial charge in [0.2, 0.25) is 5.91 Å². The van der Waals surface area contributed by atoms with Crippen LogP contribution >= 0.6 is 0 Å². The molecule has 5 nitrogen and oxygen atoms in total. The molecule has 0 atom stereocenters. The van der Waals surface area contributed by atoms with Gasteiger partial charge in [0, 0.05) is 18.5 Å². The highest BCUT2D eigenvalue weighted by Crippen LogP contribution is 2.18. The van der Waals surface area contributed by atoms with Crippen LogP contribution < -0.4 is 11.1 Å². The lowest BCUT2D eigenvalue weighted by Crippen LogP contribution is -2.27. The third-order valence-electron chi connectivity index (χ3n) is 1.92. The van der Waals surface area contributed by atoms with Gasteiger partial charge in [0.05, 0.1) is 6.20 Å². The maximum atomic E-state index is 11.5. The number of nitrogens with zero attached hydrogens (tertiary/aromatic N) is 1. The van der Waals surface area contributed by atoms with Crippen LogP contribution in [0.3, 0.4) is 0 Å². The standard InChI is InChI=1S/C10H18N4O/c1-10(2,3)4-8(15)12-5-7-6-13-14-9(7)11/h6H,4-5H2,1-3H3,(H,12,15)(H3,11,13,14). The molecule has 1 amide bonds. The molecule has 1 aromatic heterocycles. The number of rotatable bonds is 3. The fourth-order valence-corrected chi connectivity index (χ4v) is 1.20. The number of aromatic nitrogens is 2. The maximum absolute atomic E-state index is 11.5. The highest BCUT2D eigenvalue weighted by molar-refractivity contribution is 5.76. The normalized spacial score (nSPS) is 11.4. The summed E-state index contributed by atoms with van der Waals surface area (Å²) < 4.78 is 0. The molecule has 1 heterocycles. The molecule has 0 unspecified atom stereocenters. The molecule has 0 saturated carbocycles. The quantitative estimate of drug-likeness (QED) is 0.697. The largest absolute Gasteiger partial charge is 0.384 e. The van der Waals surface area contributed by atoms with E-state index < -0.39 is 0 Å². The zero-order chi connectivity index (χ0) is 11.5. The minimum atomic E-state index is 0.00598. The third-order valence-corrected chi connectivity index (χ3v) is 1.92. The second-order valence-corrected chi connectivity index (χ2v) is 4.82. The number of carbonyl (C=O) groups excluding carboxylic acids is 1. The van der Waals surface area contributed by atoms with Crippen molar-refractivity contribution in [2.24, 2.45) is 5.41 Å². The predicted molar refractivity (Wildman–Crippen MR) is 58.9 cm³/mol. The molecular formula is C10H18N4O. The van der Waals surface area contributed by atoms with Crippen molar-refractivity contribution >= 4 is 11.7 Å². The Kier molecular flexibility index (Phi) is 3.34. The average Bonchev–Trinajstić information content (AvgIpc) is 2.44. The summed E-state index contributed by atoms with van der Waals surface area (Å²) >= 11 is 0. The molecule has 1 rings (SSSR count). The fourth-order valence-electron chi connectivity index (χ4n) is 1.20. The molecule has 4 N–H and O–H groups in total. The average molecular weight is 210 g/mol. The lowest BCUT2D eigenvalue weighted by molar-refractivity contribution is -0.122. The number of nitrogen functional groups attached to an aromatic ring is 1. The van der Waals surface area contributed by atoms with Gasteiger partial charge in [0.1, 0.15) is 5.82 Å². The molecule has 0 aliphatic carbocycles. The first-order valence-electron chi connectivity index (χ1n) is 4.93. The highest BCUT2D eigenvalue weighted by Gasteiger charge is 2.15. The molecule has 15 heavy (non-hydrogen) atoms. The molecule has 5 heteroatoms. The Labute approximate surface area is 89.4 Å². The first-order chi connectivity index (χ1) is 6.88. The first kappa shape index (κ1) is 11.6. The topological polar surface area (TPSA) is 83.8 Å². The van der Waals surface area contributed by atoms with Crippen molar-refractivity contribution in [3.8, 4) is 0 Å². The number of carbonyl (C=O) groups is 1. The second kappa shape index (κ2) is 4.33. The van der Waals surface area contributed by atoms with E-state index in [1.807, 2.05) is 20.8 Å². The zero-order valence-corrected chi connectivity index (χ0v) is 9.42. The van der Waals surface area contributed by atoms with Crippen LogP contribution in [0.15, 0.2) is 6.20 Å². The minimum Gasteiger partial charge on any atom is -0.384 e. The van der Waals surface area contributed by atoms with Crippen molar-refractivity contribution in [1.29, 1.82) is 0 Å². The van der Waals surface area contributed by atoms with Crippen LogP contribution in [-0.2, 0) is 11.3 Å². The summed E-state index contributed by atoms with van der Waals surface area (Å²) in [6, 6.07) is 0. The van der Waals surface area contributed by atoms with Crippen molar-refractivity contribution in [3.05, 3.63) is 11.8 Å². The molecule has 0 radical (unpaired) electrons. The predicted octanol–water partition coefficient (Wildman–Crippen LogP) is 1.04. The highest BCUT2D eigenvalue weighted by atomic mass is 16.1. The monoisotopic (exact) mass is 210 g/mol. The molecule has 1 aromatic rings. The summed E-state index contributed by atoms with van der Waals surface area (Å²) in [5.41, 5.74) is 6.41. The van der Waals surface area contributed by atoms with Crippen molar-refractivity contribution in [2.45, 2.75) is 33.7 Å². The van der Waals surface area contributed by atoms with E-state index in [4.69, 9.17) is 5.73 Å². The summed E-state index contributed by atoms with van der Waals surface area (Å²) in [5, 5.41) is 9.19. The summed E-state index contributed by atoms with van der Waals surface area (Å²) in [7, 11) is 0. The van der Waals surface area contributed by atoms with Crippen LogP contribution in [0.2, 0.25) is 0 Å².